The average Bonchev–Trinajstić information content (AvgIpc) is 3.15. The number of pyridine rings is 1. The summed E-state index contributed by atoms with van der Waals surface area (Å²) in [6.45, 7) is 6.78. The number of carbonyl (C=O) groups excluding carboxylic acids is 1. The van der Waals surface area contributed by atoms with Crippen molar-refractivity contribution in [3.63, 3.8) is 0 Å². The van der Waals surface area contributed by atoms with Gasteiger partial charge in [0, 0.05) is 35.5 Å². The van der Waals surface area contributed by atoms with E-state index in [1.807, 2.05) is 74.0 Å². The lowest BCUT2D eigenvalue weighted by molar-refractivity contribution is -0.121. The molecule has 0 saturated heterocycles. The van der Waals surface area contributed by atoms with Crippen molar-refractivity contribution < 1.29 is 4.79 Å². The number of amides is 1. The van der Waals surface area contributed by atoms with Crippen LogP contribution < -0.4 is 10.9 Å². The van der Waals surface area contributed by atoms with Gasteiger partial charge in [-0.1, -0.05) is 41.9 Å². The first-order valence-electron chi connectivity index (χ1n) is 11.1. The van der Waals surface area contributed by atoms with Gasteiger partial charge in [-0.3, -0.25) is 14.2 Å². The van der Waals surface area contributed by atoms with Crippen molar-refractivity contribution in [1.82, 2.24) is 19.7 Å². The van der Waals surface area contributed by atoms with Crippen molar-refractivity contribution in [2.75, 3.05) is 0 Å². The molecule has 1 N–H and O–H groups in total. The number of nitrogens with one attached hydrogen (secondary N) is 1. The Morgan fingerprint density at radius 1 is 1.09 bits per heavy atom. The van der Waals surface area contributed by atoms with E-state index < -0.39 is 0 Å². The fraction of sp³-hybridized carbons (Fsp3) is 0.269. The van der Waals surface area contributed by atoms with Gasteiger partial charge in [0.2, 0.25) is 5.91 Å². The van der Waals surface area contributed by atoms with Crippen LogP contribution in [-0.4, -0.2) is 20.3 Å². The number of nitrogens with zero attached hydrogens (tertiary/aromatic N) is 3. The minimum absolute atomic E-state index is 0.0674. The molecule has 6 nitrogen and oxygen atoms in total. The monoisotopic (exact) mass is 462 g/mol. The van der Waals surface area contributed by atoms with E-state index in [1.165, 1.54) is 0 Å². The number of para-hydroxylation sites is 1. The Morgan fingerprint density at radius 2 is 1.85 bits per heavy atom. The highest BCUT2D eigenvalue weighted by atomic mass is 35.5. The number of hydrogen-bond donors (Lipinski definition) is 1. The molecule has 0 unspecified atom stereocenters. The Labute approximate surface area is 197 Å². The molecule has 0 aliphatic heterocycles. The van der Waals surface area contributed by atoms with Crippen LogP contribution >= 0.6 is 11.6 Å². The van der Waals surface area contributed by atoms with Gasteiger partial charge >= 0.3 is 0 Å². The molecule has 2 aromatic heterocycles. The van der Waals surface area contributed by atoms with E-state index in [2.05, 4.69) is 5.32 Å². The van der Waals surface area contributed by atoms with Crippen LogP contribution in [0.25, 0.3) is 16.7 Å². The molecule has 7 heteroatoms. The molecule has 4 rings (SSSR count). The molecule has 4 aromatic rings. The summed E-state index contributed by atoms with van der Waals surface area (Å²) in [6, 6.07) is 17.2. The summed E-state index contributed by atoms with van der Waals surface area (Å²) in [4.78, 5) is 25.9. The topological polar surface area (TPSA) is 68.9 Å². The molecule has 0 saturated carbocycles. The first-order chi connectivity index (χ1) is 15.9. The van der Waals surface area contributed by atoms with Gasteiger partial charge in [0.05, 0.1) is 11.4 Å². The van der Waals surface area contributed by atoms with Crippen LogP contribution in [0.2, 0.25) is 5.02 Å². The number of aryl methyl sites for hydroxylation is 3. The molecule has 0 spiro atoms. The Balaban J connectivity index is 1.63. The molecule has 0 atom stereocenters. The van der Waals surface area contributed by atoms with Crippen LogP contribution in [0.3, 0.4) is 0 Å². The van der Waals surface area contributed by atoms with E-state index in [-0.39, 0.29) is 17.9 Å². The van der Waals surface area contributed by atoms with E-state index in [9.17, 15) is 9.59 Å². The SMILES string of the molecule is CCn1c(=O)c(CCC(=O)NCc2cccc(Cl)c2)c(C)c2c(C)nn(-c3ccccc3)c21. The highest BCUT2D eigenvalue weighted by molar-refractivity contribution is 6.30. The Bertz CT molecular complexity index is 1370. The Hall–Kier alpha value is -3.38. The summed E-state index contributed by atoms with van der Waals surface area (Å²) in [5.74, 6) is -0.103. The highest BCUT2D eigenvalue weighted by Crippen LogP contribution is 2.26. The maximum Gasteiger partial charge on any atom is 0.255 e. The lowest BCUT2D eigenvalue weighted by Crippen LogP contribution is -2.28. The van der Waals surface area contributed by atoms with Gasteiger partial charge in [0.25, 0.3) is 5.56 Å². The van der Waals surface area contributed by atoms with Crippen LogP contribution in [-0.2, 0) is 24.3 Å². The van der Waals surface area contributed by atoms with Crippen LogP contribution in [0.5, 0.6) is 0 Å². The zero-order chi connectivity index (χ0) is 23.5. The zero-order valence-corrected chi connectivity index (χ0v) is 19.8. The summed E-state index contributed by atoms with van der Waals surface area (Å²) in [7, 11) is 0. The maximum absolute atomic E-state index is 13.4. The van der Waals surface area contributed by atoms with E-state index in [1.54, 1.807) is 10.6 Å². The van der Waals surface area contributed by atoms with Gasteiger partial charge in [-0.05, 0) is 62.6 Å². The molecule has 0 radical (unpaired) electrons. The molecule has 1 amide bonds. The van der Waals surface area contributed by atoms with E-state index in [4.69, 9.17) is 16.7 Å². The number of hydrogen-bond acceptors (Lipinski definition) is 3. The summed E-state index contributed by atoms with van der Waals surface area (Å²) in [5, 5.41) is 9.26. The molecule has 2 aromatic carbocycles. The fourth-order valence-corrected chi connectivity index (χ4v) is 4.50. The van der Waals surface area contributed by atoms with Crippen molar-refractivity contribution in [2.45, 2.75) is 46.7 Å². The van der Waals surface area contributed by atoms with Gasteiger partial charge in [0.15, 0.2) is 0 Å². The van der Waals surface area contributed by atoms with Crippen LogP contribution in [0.1, 0.15) is 35.7 Å². The predicted molar refractivity (Wildman–Crippen MR) is 132 cm³/mol. The standard InChI is InChI=1S/C26H27ClN4O2/c1-4-30-25-24(18(3)29-31(25)21-11-6-5-7-12-21)17(2)22(26(30)33)13-14-23(32)28-16-19-9-8-10-20(27)15-19/h5-12,15H,4,13-14,16H2,1-3H3,(H,28,32). The Kier molecular flexibility index (Phi) is 6.65. The molecule has 0 bridgehead atoms. The molecule has 2 heterocycles. The minimum atomic E-state index is -0.103. The summed E-state index contributed by atoms with van der Waals surface area (Å²) < 4.78 is 3.60. The van der Waals surface area contributed by atoms with E-state index >= 15 is 0 Å². The van der Waals surface area contributed by atoms with Crippen LogP contribution in [0.15, 0.2) is 59.4 Å². The second-order valence-electron chi connectivity index (χ2n) is 8.09. The number of aromatic nitrogens is 3. The van der Waals surface area contributed by atoms with Crippen molar-refractivity contribution in [3.05, 3.63) is 92.4 Å². The van der Waals surface area contributed by atoms with E-state index in [0.717, 1.165) is 33.5 Å². The van der Waals surface area contributed by atoms with Crippen molar-refractivity contribution in [3.8, 4) is 5.69 Å². The number of benzene rings is 2. The van der Waals surface area contributed by atoms with Gasteiger partial charge in [0.1, 0.15) is 5.65 Å². The molecule has 0 fully saturated rings. The van der Waals surface area contributed by atoms with Gasteiger partial charge < -0.3 is 5.32 Å². The number of fused-ring (bicyclic) bond motifs is 1. The second kappa shape index (κ2) is 9.63. The molecule has 170 valence electrons. The first-order valence-corrected chi connectivity index (χ1v) is 11.5. The lowest BCUT2D eigenvalue weighted by atomic mass is 10.0. The zero-order valence-electron chi connectivity index (χ0n) is 19.1. The summed E-state index contributed by atoms with van der Waals surface area (Å²) >= 11 is 6.01. The van der Waals surface area contributed by atoms with Crippen molar-refractivity contribution in [2.24, 2.45) is 0 Å². The maximum atomic E-state index is 13.4. The lowest BCUT2D eigenvalue weighted by Gasteiger charge is -2.14. The first kappa shape index (κ1) is 22.8. The summed E-state index contributed by atoms with van der Waals surface area (Å²) in [5.41, 5.74) is 4.98. The third-order valence-corrected chi connectivity index (χ3v) is 6.16. The van der Waals surface area contributed by atoms with Gasteiger partial charge in [-0.15, -0.1) is 0 Å². The molecular weight excluding hydrogens is 436 g/mol. The van der Waals surface area contributed by atoms with Crippen LogP contribution in [0.4, 0.5) is 0 Å². The number of rotatable bonds is 7. The van der Waals surface area contributed by atoms with Gasteiger partial charge in [-0.2, -0.15) is 5.10 Å². The molecule has 33 heavy (non-hydrogen) atoms. The largest absolute Gasteiger partial charge is 0.352 e. The predicted octanol–water partition coefficient (Wildman–Crippen LogP) is 4.73. The molecule has 0 aliphatic rings. The van der Waals surface area contributed by atoms with E-state index in [0.29, 0.717) is 30.1 Å². The second-order valence-corrected chi connectivity index (χ2v) is 8.53. The van der Waals surface area contributed by atoms with Gasteiger partial charge in [-0.25, -0.2) is 4.68 Å². The fourth-order valence-electron chi connectivity index (χ4n) is 4.29. The van der Waals surface area contributed by atoms with Crippen molar-refractivity contribution in [1.29, 1.82) is 0 Å². The molecular formula is C26H27ClN4O2. The minimum Gasteiger partial charge on any atom is -0.352 e. The normalized spacial score (nSPS) is 11.2. The number of halogens is 1. The summed E-state index contributed by atoms with van der Waals surface area (Å²) in [6.07, 6.45) is 0.607. The molecule has 0 aliphatic carbocycles. The van der Waals surface area contributed by atoms with Crippen LogP contribution in [0, 0.1) is 13.8 Å². The average molecular weight is 463 g/mol. The third kappa shape index (κ3) is 4.57. The quantitative estimate of drug-likeness (QED) is 0.432. The third-order valence-electron chi connectivity index (χ3n) is 5.92. The highest BCUT2D eigenvalue weighted by Gasteiger charge is 2.21. The smallest absolute Gasteiger partial charge is 0.255 e. The number of carbonyl (C=O) groups is 1. The Morgan fingerprint density at radius 3 is 2.55 bits per heavy atom. The van der Waals surface area contributed by atoms with Crippen molar-refractivity contribution >= 4 is 28.5 Å².